The van der Waals surface area contributed by atoms with E-state index in [0.717, 1.165) is 0 Å². The number of carboxylic acids is 1. The molecule has 0 spiro atoms. The number of hydrogen-bond acceptors (Lipinski definition) is 3. The van der Waals surface area contributed by atoms with Gasteiger partial charge in [-0.05, 0) is 27.8 Å². The summed E-state index contributed by atoms with van der Waals surface area (Å²) >= 11 is 0. The SMILES string of the molecule is CC1C(=O)N(C(C)C)CC(C(=O)O)CN1C. The maximum Gasteiger partial charge on any atom is 0.309 e. The molecule has 1 aliphatic rings. The Labute approximate surface area is 96.0 Å². The monoisotopic (exact) mass is 228 g/mol. The number of rotatable bonds is 2. The summed E-state index contributed by atoms with van der Waals surface area (Å²) in [7, 11) is 1.79. The number of likely N-dealkylation sites (N-methyl/N-ethyl adjacent to an activating group) is 1. The van der Waals surface area contributed by atoms with Gasteiger partial charge in [0.2, 0.25) is 5.91 Å². The van der Waals surface area contributed by atoms with Crippen molar-refractivity contribution in [2.24, 2.45) is 5.92 Å². The van der Waals surface area contributed by atoms with E-state index < -0.39 is 11.9 Å². The first-order valence-corrected chi connectivity index (χ1v) is 5.58. The Morgan fingerprint density at radius 3 is 2.44 bits per heavy atom. The molecule has 1 aliphatic heterocycles. The molecule has 92 valence electrons. The van der Waals surface area contributed by atoms with Gasteiger partial charge in [-0.15, -0.1) is 0 Å². The fourth-order valence-corrected chi connectivity index (χ4v) is 1.94. The Kier molecular flexibility index (Phi) is 3.91. The van der Waals surface area contributed by atoms with Crippen LogP contribution in [0.5, 0.6) is 0 Å². The summed E-state index contributed by atoms with van der Waals surface area (Å²) in [5.74, 6) is -1.32. The van der Waals surface area contributed by atoms with Crippen molar-refractivity contribution in [1.29, 1.82) is 0 Å². The molecule has 1 heterocycles. The second kappa shape index (κ2) is 4.82. The molecule has 2 unspecified atom stereocenters. The van der Waals surface area contributed by atoms with Crippen LogP contribution in [0.25, 0.3) is 0 Å². The average molecular weight is 228 g/mol. The van der Waals surface area contributed by atoms with Gasteiger partial charge in [0, 0.05) is 19.1 Å². The molecule has 1 fully saturated rings. The summed E-state index contributed by atoms with van der Waals surface area (Å²) in [4.78, 5) is 26.6. The van der Waals surface area contributed by atoms with Crippen molar-refractivity contribution >= 4 is 11.9 Å². The number of aliphatic carboxylic acids is 1. The lowest BCUT2D eigenvalue weighted by atomic mass is 10.1. The second-order valence-corrected chi connectivity index (χ2v) is 4.74. The molecule has 0 saturated carbocycles. The third-order valence-corrected chi connectivity index (χ3v) is 3.20. The number of nitrogens with zero attached hydrogens (tertiary/aromatic N) is 2. The zero-order valence-electron chi connectivity index (χ0n) is 10.3. The first-order valence-electron chi connectivity index (χ1n) is 5.58. The summed E-state index contributed by atoms with van der Waals surface area (Å²) in [6, 6.07) is -0.199. The Morgan fingerprint density at radius 1 is 1.44 bits per heavy atom. The molecule has 1 amide bonds. The zero-order valence-corrected chi connectivity index (χ0v) is 10.3. The first kappa shape index (κ1) is 13.0. The van der Waals surface area contributed by atoms with Crippen molar-refractivity contribution in [2.75, 3.05) is 20.1 Å². The first-order chi connectivity index (χ1) is 7.34. The number of carbonyl (C=O) groups is 2. The van der Waals surface area contributed by atoms with Gasteiger partial charge in [0.05, 0.1) is 12.0 Å². The highest BCUT2D eigenvalue weighted by Gasteiger charge is 2.35. The van der Waals surface area contributed by atoms with Gasteiger partial charge in [-0.3, -0.25) is 14.5 Å². The van der Waals surface area contributed by atoms with Crippen molar-refractivity contribution in [1.82, 2.24) is 9.80 Å². The molecule has 16 heavy (non-hydrogen) atoms. The van der Waals surface area contributed by atoms with Crippen molar-refractivity contribution in [3.05, 3.63) is 0 Å². The van der Waals surface area contributed by atoms with E-state index in [2.05, 4.69) is 0 Å². The van der Waals surface area contributed by atoms with E-state index in [4.69, 9.17) is 5.11 Å². The van der Waals surface area contributed by atoms with E-state index in [9.17, 15) is 9.59 Å². The fourth-order valence-electron chi connectivity index (χ4n) is 1.94. The van der Waals surface area contributed by atoms with Crippen molar-refractivity contribution in [2.45, 2.75) is 32.9 Å². The van der Waals surface area contributed by atoms with E-state index in [-0.39, 0.29) is 18.0 Å². The lowest BCUT2D eigenvalue weighted by Crippen LogP contribution is -2.45. The molecular formula is C11H20N2O3. The van der Waals surface area contributed by atoms with E-state index in [1.807, 2.05) is 25.7 Å². The van der Waals surface area contributed by atoms with Gasteiger partial charge in [-0.2, -0.15) is 0 Å². The summed E-state index contributed by atoms with van der Waals surface area (Å²) in [5, 5.41) is 9.09. The third-order valence-electron chi connectivity index (χ3n) is 3.20. The van der Waals surface area contributed by atoms with Crippen LogP contribution in [0, 0.1) is 5.92 Å². The normalized spacial score (nSPS) is 28.3. The van der Waals surface area contributed by atoms with Gasteiger partial charge in [-0.1, -0.05) is 0 Å². The smallest absolute Gasteiger partial charge is 0.309 e. The molecule has 1 saturated heterocycles. The number of hydrogen-bond donors (Lipinski definition) is 1. The fraction of sp³-hybridized carbons (Fsp3) is 0.818. The van der Waals surface area contributed by atoms with E-state index in [1.54, 1.807) is 11.9 Å². The lowest BCUT2D eigenvalue weighted by Gasteiger charge is -2.28. The van der Waals surface area contributed by atoms with Crippen LogP contribution < -0.4 is 0 Å². The molecule has 5 nitrogen and oxygen atoms in total. The number of carboxylic acid groups (broad SMARTS) is 1. The van der Waals surface area contributed by atoms with Gasteiger partial charge in [0.15, 0.2) is 0 Å². The van der Waals surface area contributed by atoms with Gasteiger partial charge < -0.3 is 10.0 Å². The minimum absolute atomic E-state index is 0.0150. The minimum Gasteiger partial charge on any atom is -0.481 e. The quantitative estimate of drug-likeness (QED) is 0.736. The predicted octanol–water partition coefficient (Wildman–Crippen LogP) is 0.258. The second-order valence-electron chi connectivity index (χ2n) is 4.74. The van der Waals surface area contributed by atoms with Crippen LogP contribution in [-0.4, -0.2) is 59.0 Å². The molecule has 0 aromatic rings. The van der Waals surface area contributed by atoms with Crippen molar-refractivity contribution in [3.63, 3.8) is 0 Å². The molecule has 0 aliphatic carbocycles. The van der Waals surface area contributed by atoms with Gasteiger partial charge >= 0.3 is 5.97 Å². The summed E-state index contributed by atoms with van der Waals surface area (Å²) in [6.07, 6.45) is 0. The van der Waals surface area contributed by atoms with Crippen molar-refractivity contribution < 1.29 is 14.7 Å². The highest BCUT2D eigenvalue weighted by atomic mass is 16.4. The van der Waals surface area contributed by atoms with Crippen LogP contribution in [0.2, 0.25) is 0 Å². The minimum atomic E-state index is -0.834. The standard InChI is InChI=1S/C11H20N2O3/c1-7(2)13-6-9(11(15)16)5-12(4)8(3)10(13)14/h7-9H,5-6H2,1-4H3,(H,15,16). The lowest BCUT2D eigenvalue weighted by molar-refractivity contribution is -0.143. The maximum absolute atomic E-state index is 12.1. The Hall–Kier alpha value is -1.10. The predicted molar refractivity (Wildman–Crippen MR) is 60.1 cm³/mol. The van der Waals surface area contributed by atoms with Crippen LogP contribution in [0.15, 0.2) is 0 Å². The molecule has 2 atom stereocenters. The molecule has 0 aromatic heterocycles. The average Bonchev–Trinajstić information content (AvgIpc) is 2.29. The largest absolute Gasteiger partial charge is 0.481 e. The maximum atomic E-state index is 12.1. The summed E-state index contributed by atoms with van der Waals surface area (Å²) in [6.45, 7) is 6.37. The Bertz CT molecular complexity index is 291. The molecule has 5 heteroatoms. The molecule has 0 bridgehead atoms. The summed E-state index contributed by atoms with van der Waals surface area (Å²) in [5.41, 5.74) is 0. The van der Waals surface area contributed by atoms with Crippen LogP contribution >= 0.6 is 0 Å². The van der Waals surface area contributed by atoms with Crippen molar-refractivity contribution in [3.8, 4) is 0 Å². The molecule has 0 aromatic carbocycles. The molecular weight excluding hydrogens is 208 g/mol. The van der Waals surface area contributed by atoms with Crippen LogP contribution in [0.4, 0.5) is 0 Å². The van der Waals surface area contributed by atoms with Crippen LogP contribution in [0.1, 0.15) is 20.8 Å². The van der Waals surface area contributed by atoms with Crippen LogP contribution in [-0.2, 0) is 9.59 Å². The van der Waals surface area contributed by atoms with E-state index in [1.165, 1.54) is 0 Å². The molecule has 1 rings (SSSR count). The zero-order chi connectivity index (χ0) is 12.5. The Morgan fingerprint density at radius 2 is 2.00 bits per heavy atom. The number of amides is 1. The van der Waals surface area contributed by atoms with Gasteiger partial charge in [0.25, 0.3) is 0 Å². The highest BCUT2D eigenvalue weighted by Crippen LogP contribution is 2.16. The Balaban J connectivity index is 2.94. The van der Waals surface area contributed by atoms with Gasteiger partial charge in [-0.25, -0.2) is 0 Å². The third kappa shape index (κ3) is 2.52. The van der Waals surface area contributed by atoms with Crippen LogP contribution in [0.3, 0.4) is 0 Å². The van der Waals surface area contributed by atoms with E-state index in [0.29, 0.717) is 13.1 Å². The topological polar surface area (TPSA) is 60.9 Å². The highest BCUT2D eigenvalue weighted by molar-refractivity contribution is 5.83. The molecule has 0 radical (unpaired) electrons. The van der Waals surface area contributed by atoms with Gasteiger partial charge in [0.1, 0.15) is 0 Å². The summed E-state index contributed by atoms with van der Waals surface area (Å²) < 4.78 is 0. The number of carbonyl (C=O) groups excluding carboxylic acids is 1. The van der Waals surface area contributed by atoms with E-state index >= 15 is 0 Å². The molecule has 1 N–H and O–H groups in total.